The Morgan fingerprint density at radius 1 is 1.05 bits per heavy atom. The van der Waals surface area contributed by atoms with Crippen molar-refractivity contribution in [3.8, 4) is 0 Å². The second-order valence-electron chi connectivity index (χ2n) is 5.15. The SMILES string of the molecule is CN/C(C)=C(/CSc1ccccc1C)C(=N)c1ccccc1. The fourth-order valence-corrected chi connectivity index (χ4v) is 3.30. The molecule has 0 aliphatic heterocycles. The number of aryl methyl sites for hydroxylation is 1. The lowest BCUT2D eigenvalue weighted by Crippen LogP contribution is -2.15. The Bertz CT molecular complexity index is 675. The molecule has 0 spiro atoms. The van der Waals surface area contributed by atoms with E-state index >= 15 is 0 Å². The number of nitrogens with one attached hydrogen (secondary N) is 2. The summed E-state index contributed by atoms with van der Waals surface area (Å²) < 4.78 is 0. The average Bonchev–Trinajstić information content (AvgIpc) is 2.56. The van der Waals surface area contributed by atoms with Crippen LogP contribution in [0.1, 0.15) is 18.1 Å². The van der Waals surface area contributed by atoms with Gasteiger partial charge in [0, 0.05) is 29.0 Å². The summed E-state index contributed by atoms with van der Waals surface area (Å²) in [5.74, 6) is 0.783. The number of benzene rings is 2. The highest BCUT2D eigenvalue weighted by atomic mass is 32.2. The molecule has 2 nitrogen and oxygen atoms in total. The molecular weight excluding hydrogens is 288 g/mol. The number of allylic oxidation sites excluding steroid dienone is 1. The van der Waals surface area contributed by atoms with Crippen molar-refractivity contribution in [2.24, 2.45) is 0 Å². The maximum absolute atomic E-state index is 8.53. The summed E-state index contributed by atoms with van der Waals surface area (Å²) in [7, 11) is 1.91. The molecule has 2 aromatic rings. The quantitative estimate of drug-likeness (QED) is 0.602. The highest BCUT2D eigenvalue weighted by Gasteiger charge is 2.12. The van der Waals surface area contributed by atoms with Gasteiger partial charge in [0.15, 0.2) is 0 Å². The summed E-state index contributed by atoms with van der Waals surface area (Å²) >= 11 is 1.78. The Morgan fingerprint density at radius 2 is 1.68 bits per heavy atom. The maximum atomic E-state index is 8.53. The summed E-state index contributed by atoms with van der Waals surface area (Å²) in [6, 6.07) is 18.3. The van der Waals surface area contributed by atoms with Crippen LogP contribution in [0.3, 0.4) is 0 Å². The van der Waals surface area contributed by atoms with Crippen LogP contribution in [-0.4, -0.2) is 18.5 Å². The Labute approximate surface area is 137 Å². The third kappa shape index (κ3) is 4.01. The predicted octanol–water partition coefficient (Wildman–Crippen LogP) is 4.65. The van der Waals surface area contributed by atoms with Crippen LogP contribution in [0.5, 0.6) is 0 Å². The van der Waals surface area contributed by atoms with Gasteiger partial charge in [-0.3, -0.25) is 5.41 Å². The number of hydrogen-bond acceptors (Lipinski definition) is 3. The molecule has 0 aromatic heterocycles. The highest BCUT2D eigenvalue weighted by Crippen LogP contribution is 2.26. The van der Waals surface area contributed by atoms with E-state index in [0.29, 0.717) is 5.71 Å². The molecule has 22 heavy (non-hydrogen) atoms. The van der Waals surface area contributed by atoms with E-state index in [1.165, 1.54) is 10.5 Å². The molecule has 2 rings (SSSR count). The van der Waals surface area contributed by atoms with Gasteiger partial charge in [-0.2, -0.15) is 0 Å². The van der Waals surface area contributed by atoms with Crippen molar-refractivity contribution in [2.75, 3.05) is 12.8 Å². The third-order valence-corrected chi connectivity index (χ3v) is 4.86. The van der Waals surface area contributed by atoms with Crippen molar-refractivity contribution in [3.05, 3.63) is 77.0 Å². The van der Waals surface area contributed by atoms with Crippen molar-refractivity contribution in [2.45, 2.75) is 18.7 Å². The van der Waals surface area contributed by atoms with E-state index in [0.717, 1.165) is 22.6 Å². The van der Waals surface area contributed by atoms with Gasteiger partial charge >= 0.3 is 0 Å². The van der Waals surface area contributed by atoms with Crippen molar-refractivity contribution >= 4 is 17.5 Å². The largest absolute Gasteiger partial charge is 0.391 e. The van der Waals surface area contributed by atoms with Crippen LogP contribution in [0.15, 0.2) is 70.8 Å². The standard InChI is InChI=1S/C19H22N2S/c1-14-9-7-8-12-18(14)22-13-17(15(2)21-3)19(20)16-10-5-4-6-11-16/h4-12,20-21H,13H2,1-3H3/b17-15-,20-19?. The van der Waals surface area contributed by atoms with Gasteiger partial charge < -0.3 is 5.32 Å². The van der Waals surface area contributed by atoms with Crippen molar-refractivity contribution < 1.29 is 0 Å². The molecule has 114 valence electrons. The molecule has 0 unspecified atom stereocenters. The monoisotopic (exact) mass is 310 g/mol. The molecule has 0 aliphatic carbocycles. The van der Waals surface area contributed by atoms with Crippen LogP contribution in [0, 0.1) is 12.3 Å². The molecule has 2 N–H and O–H groups in total. The van der Waals surface area contributed by atoms with Crippen LogP contribution in [-0.2, 0) is 0 Å². The molecule has 0 fully saturated rings. The second-order valence-corrected chi connectivity index (χ2v) is 6.17. The topological polar surface area (TPSA) is 35.9 Å². The van der Waals surface area contributed by atoms with E-state index in [9.17, 15) is 0 Å². The molecule has 0 amide bonds. The van der Waals surface area contributed by atoms with Crippen LogP contribution < -0.4 is 5.32 Å². The van der Waals surface area contributed by atoms with Crippen LogP contribution in [0.4, 0.5) is 0 Å². The fraction of sp³-hybridized carbons (Fsp3) is 0.211. The lowest BCUT2D eigenvalue weighted by atomic mass is 10.0. The van der Waals surface area contributed by atoms with E-state index in [1.54, 1.807) is 11.8 Å². The summed E-state index contributed by atoms with van der Waals surface area (Å²) in [4.78, 5) is 1.27. The minimum absolute atomic E-state index is 0.591. The summed E-state index contributed by atoms with van der Waals surface area (Å²) in [5.41, 5.74) is 4.92. The van der Waals surface area contributed by atoms with Crippen LogP contribution in [0.25, 0.3) is 0 Å². The van der Waals surface area contributed by atoms with Crippen LogP contribution >= 0.6 is 11.8 Å². The fourth-order valence-electron chi connectivity index (χ4n) is 2.17. The van der Waals surface area contributed by atoms with E-state index in [2.05, 4.69) is 36.5 Å². The van der Waals surface area contributed by atoms with Gasteiger partial charge in [-0.15, -0.1) is 11.8 Å². The molecule has 0 radical (unpaired) electrons. The lowest BCUT2D eigenvalue weighted by Gasteiger charge is -2.14. The maximum Gasteiger partial charge on any atom is 0.0669 e. The Kier molecular flexibility index (Phi) is 5.84. The predicted molar refractivity (Wildman–Crippen MR) is 96.9 cm³/mol. The highest BCUT2D eigenvalue weighted by molar-refractivity contribution is 7.99. The van der Waals surface area contributed by atoms with Gasteiger partial charge in [-0.25, -0.2) is 0 Å². The first-order chi connectivity index (χ1) is 10.6. The minimum atomic E-state index is 0.591. The summed E-state index contributed by atoms with van der Waals surface area (Å²) in [6.45, 7) is 4.16. The smallest absolute Gasteiger partial charge is 0.0669 e. The first kappa shape index (κ1) is 16.4. The summed E-state index contributed by atoms with van der Waals surface area (Å²) in [6.07, 6.45) is 0. The number of rotatable bonds is 6. The zero-order valence-corrected chi connectivity index (χ0v) is 14.1. The van der Waals surface area contributed by atoms with Gasteiger partial charge in [0.25, 0.3) is 0 Å². The molecule has 0 atom stereocenters. The first-order valence-electron chi connectivity index (χ1n) is 7.33. The van der Waals surface area contributed by atoms with E-state index in [-0.39, 0.29) is 0 Å². The molecule has 0 saturated carbocycles. The van der Waals surface area contributed by atoms with Gasteiger partial charge in [-0.1, -0.05) is 48.5 Å². The zero-order chi connectivity index (χ0) is 15.9. The van der Waals surface area contributed by atoms with Gasteiger partial charge in [0.05, 0.1) is 5.71 Å². The molecule has 2 aromatic carbocycles. The van der Waals surface area contributed by atoms with E-state index < -0.39 is 0 Å². The van der Waals surface area contributed by atoms with Crippen molar-refractivity contribution in [1.29, 1.82) is 5.41 Å². The van der Waals surface area contributed by atoms with Gasteiger partial charge in [0.2, 0.25) is 0 Å². The van der Waals surface area contributed by atoms with Crippen LogP contribution in [0.2, 0.25) is 0 Å². The Balaban J connectivity index is 2.22. The minimum Gasteiger partial charge on any atom is -0.391 e. The summed E-state index contributed by atoms with van der Waals surface area (Å²) in [5, 5.41) is 11.7. The number of hydrogen-bond donors (Lipinski definition) is 2. The molecule has 0 saturated heterocycles. The second kappa shape index (κ2) is 7.85. The molecule has 3 heteroatoms. The normalized spacial score (nSPS) is 11.8. The molecular formula is C19H22N2S. The van der Waals surface area contributed by atoms with Gasteiger partial charge in [-0.05, 0) is 31.0 Å². The third-order valence-electron chi connectivity index (χ3n) is 3.66. The zero-order valence-electron chi connectivity index (χ0n) is 13.3. The Hall–Kier alpha value is -2.00. The number of thioether (sulfide) groups is 1. The molecule has 0 heterocycles. The Morgan fingerprint density at radius 3 is 2.32 bits per heavy atom. The molecule has 0 bridgehead atoms. The van der Waals surface area contributed by atoms with E-state index in [4.69, 9.17) is 5.41 Å². The lowest BCUT2D eigenvalue weighted by molar-refractivity contribution is 0.974. The molecule has 0 aliphatic rings. The van der Waals surface area contributed by atoms with Crippen molar-refractivity contribution in [1.82, 2.24) is 5.32 Å². The first-order valence-corrected chi connectivity index (χ1v) is 8.32. The van der Waals surface area contributed by atoms with Crippen molar-refractivity contribution in [3.63, 3.8) is 0 Å². The van der Waals surface area contributed by atoms with E-state index in [1.807, 2.05) is 44.3 Å². The average molecular weight is 310 g/mol. The van der Waals surface area contributed by atoms with Gasteiger partial charge in [0.1, 0.15) is 0 Å².